The lowest BCUT2D eigenvalue weighted by atomic mass is 10.0. The Kier molecular flexibility index (Phi) is 4.88. The van der Waals surface area contributed by atoms with Crippen molar-refractivity contribution in [3.63, 3.8) is 0 Å². The number of aromatic nitrogens is 1. The number of nitrogens with zero attached hydrogens (tertiary/aromatic N) is 1. The summed E-state index contributed by atoms with van der Waals surface area (Å²) in [6.07, 6.45) is 4.51. The van der Waals surface area contributed by atoms with Crippen LogP contribution in [0.3, 0.4) is 0 Å². The highest BCUT2D eigenvalue weighted by molar-refractivity contribution is 5.76. The third kappa shape index (κ3) is 3.45. The number of hydrogen-bond donors (Lipinski definition) is 1. The van der Waals surface area contributed by atoms with Gasteiger partial charge in [-0.2, -0.15) is 0 Å². The van der Waals surface area contributed by atoms with Crippen molar-refractivity contribution >= 4 is 5.91 Å². The second-order valence-electron chi connectivity index (χ2n) is 6.37. The highest BCUT2D eigenvalue weighted by atomic mass is 16.5. The Morgan fingerprint density at radius 3 is 2.71 bits per heavy atom. The van der Waals surface area contributed by atoms with E-state index in [1.807, 2.05) is 13.8 Å². The van der Waals surface area contributed by atoms with Gasteiger partial charge in [0, 0.05) is 24.1 Å². The minimum Gasteiger partial charge on any atom is -0.496 e. The molecule has 1 N–H and O–H groups in total. The zero-order valence-corrected chi connectivity index (χ0v) is 14.6. The summed E-state index contributed by atoms with van der Waals surface area (Å²) in [5.41, 5.74) is 5.70. The van der Waals surface area contributed by atoms with Gasteiger partial charge in [-0.3, -0.25) is 4.79 Å². The van der Waals surface area contributed by atoms with Crippen molar-refractivity contribution in [1.29, 1.82) is 0 Å². The Labute approximate surface area is 142 Å². The summed E-state index contributed by atoms with van der Waals surface area (Å²) in [5.74, 6) is 1.68. The normalized spacial score (nSPS) is 13.0. The van der Waals surface area contributed by atoms with Crippen LogP contribution in [0.4, 0.5) is 0 Å². The van der Waals surface area contributed by atoms with Crippen LogP contribution in [0.15, 0.2) is 16.7 Å². The van der Waals surface area contributed by atoms with E-state index in [2.05, 4.69) is 22.6 Å². The van der Waals surface area contributed by atoms with Crippen LogP contribution in [0.25, 0.3) is 0 Å². The van der Waals surface area contributed by atoms with Crippen molar-refractivity contribution < 1.29 is 14.1 Å². The predicted molar refractivity (Wildman–Crippen MR) is 91.2 cm³/mol. The van der Waals surface area contributed by atoms with E-state index in [0.717, 1.165) is 41.2 Å². The quantitative estimate of drug-likeness (QED) is 0.885. The van der Waals surface area contributed by atoms with Gasteiger partial charge in [0.25, 0.3) is 0 Å². The number of fused-ring (bicyclic) bond motifs is 1. The molecule has 24 heavy (non-hydrogen) atoms. The first-order valence-electron chi connectivity index (χ1n) is 8.45. The molecule has 5 heteroatoms. The first-order valence-corrected chi connectivity index (χ1v) is 8.45. The van der Waals surface area contributed by atoms with Gasteiger partial charge in [-0.15, -0.1) is 0 Å². The van der Waals surface area contributed by atoms with Gasteiger partial charge in [-0.05, 0) is 56.7 Å². The molecule has 2 aromatic rings. The highest BCUT2D eigenvalue weighted by Gasteiger charge is 2.16. The fraction of sp³-hybridized carbons (Fsp3) is 0.474. The zero-order valence-electron chi connectivity index (χ0n) is 14.6. The average Bonchev–Trinajstić information content (AvgIpc) is 3.16. The predicted octanol–water partition coefficient (Wildman–Crippen LogP) is 3.04. The standard InChI is InChI=1S/C19H24N2O3/c1-12-17(13(2)24-21-12)7-8-19(22)20-11-16-9-14-5-4-6-15(14)10-18(16)23-3/h9-10H,4-8,11H2,1-3H3,(H,20,22). The van der Waals surface area contributed by atoms with Crippen molar-refractivity contribution in [2.45, 2.75) is 52.5 Å². The third-order valence-corrected chi connectivity index (χ3v) is 4.75. The molecule has 1 amide bonds. The highest BCUT2D eigenvalue weighted by Crippen LogP contribution is 2.29. The molecular weight excluding hydrogens is 304 g/mol. The van der Waals surface area contributed by atoms with Gasteiger partial charge < -0.3 is 14.6 Å². The van der Waals surface area contributed by atoms with Crippen LogP contribution >= 0.6 is 0 Å². The molecule has 0 fully saturated rings. The van der Waals surface area contributed by atoms with E-state index in [1.54, 1.807) is 7.11 Å². The van der Waals surface area contributed by atoms with Gasteiger partial charge in [0.05, 0.1) is 12.8 Å². The van der Waals surface area contributed by atoms with E-state index in [1.165, 1.54) is 17.5 Å². The zero-order chi connectivity index (χ0) is 17.1. The van der Waals surface area contributed by atoms with Crippen LogP contribution in [-0.2, 0) is 30.6 Å². The Morgan fingerprint density at radius 1 is 1.29 bits per heavy atom. The molecule has 5 nitrogen and oxygen atoms in total. The van der Waals surface area contributed by atoms with Crippen LogP contribution in [0.5, 0.6) is 5.75 Å². The number of aryl methyl sites for hydroxylation is 4. The number of rotatable bonds is 6. The maximum absolute atomic E-state index is 12.2. The molecule has 0 radical (unpaired) electrons. The first kappa shape index (κ1) is 16.6. The van der Waals surface area contributed by atoms with Gasteiger partial charge in [-0.25, -0.2) is 0 Å². The lowest BCUT2D eigenvalue weighted by Crippen LogP contribution is -2.23. The van der Waals surface area contributed by atoms with Crippen molar-refractivity contribution in [1.82, 2.24) is 10.5 Å². The Morgan fingerprint density at radius 2 is 2.04 bits per heavy atom. The smallest absolute Gasteiger partial charge is 0.220 e. The van der Waals surface area contributed by atoms with Crippen LogP contribution in [0.1, 0.15) is 46.5 Å². The number of benzene rings is 1. The lowest BCUT2D eigenvalue weighted by Gasteiger charge is -2.12. The van der Waals surface area contributed by atoms with E-state index in [-0.39, 0.29) is 5.91 Å². The summed E-state index contributed by atoms with van der Waals surface area (Å²) < 4.78 is 10.6. The van der Waals surface area contributed by atoms with Crippen LogP contribution in [-0.4, -0.2) is 18.2 Å². The number of ether oxygens (including phenoxy) is 1. The van der Waals surface area contributed by atoms with Crippen molar-refractivity contribution in [2.75, 3.05) is 7.11 Å². The molecule has 0 saturated carbocycles. The van der Waals surface area contributed by atoms with E-state index < -0.39 is 0 Å². The van der Waals surface area contributed by atoms with Crippen molar-refractivity contribution in [2.24, 2.45) is 0 Å². The largest absolute Gasteiger partial charge is 0.496 e. The summed E-state index contributed by atoms with van der Waals surface area (Å²) in [4.78, 5) is 12.2. The summed E-state index contributed by atoms with van der Waals surface area (Å²) in [5, 5.41) is 6.92. The van der Waals surface area contributed by atoms with Crippen LogP contribution in [0, 0.1) is 13.8 Å². The van der Waals surface area contributed by atoms with E-state index in [0.29, 0.717) is 19.4 Å². The fourth-order valence-electron chi connectivity index (χ4n) is 3.36. The molecule has 0 unspecified atom stereocenters. The summed E-state index contributed by atoms with van der Waals surface area (Å²) in [6.45, 7) is 4.28. The second-order valence-corrected chi connectivity index (χ2v) is 6.37. The number of nitrogens with one attached hydrogen (secondary N) is 1. The van der Waals surface area contributed by atoms with Gasteiger partial charge >= 0.3 is 0 Å². The van der Waals surface area contributed by atoms with Gasteiger partial charge in [0.15, 0.2) is 0 Å². The second kappa shape index (κ2) is 7.07. The number of amides is 1. The van der Waals surface area contributed by atoms with Crippen LogP contribution in [0.2, 0.25) is 0 Å². The molecule has 1 aliphatic rings. The number of carbonyl (C=O) groups excluding carboxylic acids is 1. The molecule has 0 atom stereocenters. The molecule has 0 spiro atoms. The van der Waals surface area contributed by atoms with Gasteiger partial charge in [0.2, 0.25) is 5.91 Å². The Balaban J connectivity index is 1.58. The van der Waals surface area contributed by atoms with Crippen molar-refractivity contribution in [3.05, 3.63) is 45.8 Å². The molecule has 1 heterocycles. The molecule has 0 bridgehead atoms. The molecule has 1 aliphatic carbocycles. The molecule has 0 aliphatic heterocycles. The minimum atomic E-state index is 0.0255. The molecule has 3 rings (SSSR count). The molecule has 1 aromatic heterocycles. The van der Waals surface area contributed by atoms with Gasteiger partial charge in [0.1, 0.15) is 11.5 Å². The molecule has 1 aromatic carbocycles. The first-order chi connectivity index (χ1) is 11.6. The van der Waals surface area contributed by atoms with E-state index >= 15 is 0 Å². The summed E-state index contributed by atoms with van der Waals surface area (Å²) >= 11 is 0. The maximum atomic E-state index is 12.2. The van der Waals surface area contributed by atoms with Crippen molar-refractivity contribution in [3.8, 4) is 5.75 Å². The number of methoxy groups -OCH3 is 1. The Bertz CT molecular complexity index is 730. The lowest BCUT2D eigenvalue weighted by molar-refractivity contribution is -0.121. The number of hydrogen-bond acceptors (Lipinski definition) is 4. The average molecular weight is 328 g/mol. The maximum Gasteiger partial charge on any atom is 0.220 e. The fourth-order valence-corrected chi connectivity index (χ4v) is 3.36. The monoisotopic (exact) mass is 328 g/mol. The SMILES string of the molecule is COc1cc2c(cc1CNC(=O)CCc1c(C)noc1C)CCC2. The topological polar surface area (TPSA) is 64.4 Å². The molecular formula is C19H24N2O3. The minimum absolute atomic E-state index is 0.0255. The van der Waals surface area contributed by atoms with E-state index in [9.17, 15) is 4.79 Å². The third-order valence-electron chi connectivity index (χ3n) is 4.75. The number of carbonyl (C=O) groups is 1. The van der Waals surface area contributed by atoms with Gasteiger partial charge in [-0.1, -0.05) is 11.2 Å². The molecule has 0 saturated heterocycles. The summed E-state index contributed by atoms with van der Waals surface area (Å²) in [6, 6.07) is 4.30. The summed E-state index contributed by atoms with van der Waals surface area (Å²) in [7, 11) is 1.68. The van der Waals surface area contributed by atoms with Crippen LogP contribution < -0.4 is 10.1 Å². The Hall–Kier alpha value is -2.30. The van der Waals surface area contributed by atoms with E-state index in [4.69, 9.17) is 9.26 Å². The molecule has 128 valence electrons.